The van der Waals surface area contributed by atoms with Gasteiger partial charge in [0.2, 0.25) is 0 Å². The fourth-order valence-electron chi connectivity index (χ4n) is 3.35. The molecule has 1 aromatic carbocycles. The van der Waals surface area contributed by atoms with Gasteiger partial charge in [-0.05, 0) is 42.3 Å². The van der Waals surface area contributed by atoms with E-state index in [1.165, 1.54) is 27.5 Å². The molecule has 3 heterocycles. The Morgan fingerprint density at radius 3 is 2.70 bits per heavy atom. The van der Waals surface area contributed by atoms with Crippen molar-refractivity contribution < 1.29 is 14.3 Å². The van der Waals surface area contributed by atoms with Crippen LogP contribution in [0.1, 0.15) is 24.5 Å². The molecule has 3 aromatic rings. The van der Waals surface area contributed by atoms with E-state index in [1.54, 1.807) is 36.5 Å². The summed E-state index contributed by atoms with van der Waals surface area (Å²) in [4.78, 5) is 32.6. The highest BCUT2D eigenvalue weighted by Crippen LogP contribution is 2.34. The Morgan fingerprint density at radius 2 is 2.00 bits per heavy atom. The van der Waals surface area contributed by atoms with Crippen LogP contribution in [0.5, 0.6) is 0 Å². The maximum Gasteiger partial charge on any atom is 0.267 e. The number of benzene rings is 1. The number of hydrogen-bond acceptors (Lipinski definition) is 7. The lowest BCUT2D eigenvalue weighted by molar-refractivity contribution is -0.122. The number of nitrogens with zero attached hydrogens (tertiary/aromatic N) is 3. The van der Waals surface area contributed by atoms with Gasteiger partial charge in [0.15, 0.2) is 0 Å². The molecule has 1 fully saturated rings. The van der Waals surface area contributed by atoms with Gasteiger partial charge in [0.1, 0.15) is 21.6 Å². The molecule has 170 valence electrons. The van der Waals surface area contributed by atoms with Crippen molar-refractivity contribution in [2.75, 3.05) is 11.9 Å². The summed E-state index contributed by atoms with van der Waals surface area (Å²) in [5, 5.41) is 12.7. The number of anilines is 1. The van der Waals surface area contributed by atoms with E-state index in [1.807, 2.05) is 6.92 Å². The zero-order chi connectivity index (χ0) is 23.5. The standard InChI is InChI=1S/C23H21FN4O3S2/c1-2-16(13-29)25-20-17(21(30)27-10-4-3-5-19(27)26-20)11-18-22(31)28(23(32)33-18)12-14-6-8-15(24)9-7-14/h3-11,16,25,29H,2,12-13H2,1H3/b18-11-/t16-/m1/s1. The normalized spacial score (nSPS) is 16.1. The monoisotopic (exact) mass is 484 g/mol. The maximum absolute atomic E-state index is 13.3. The second-order valence-corrected chi connectivity index (χ2v) is 9.11. The zero-order valence-corrected chi connectivity index (χ0v) is 19.3. The average molecular weight is 485 g/mol. The van der Waals surface area contributed by atoms with Crippen LogP contribution in [-0.4, -0.2) is 42.3 Å². The lowest BCUT2D eigenvalue weighted by atomic mass is 10.2. The molecule has 0 radical (unpaired) electrons. The average Bonchev–Trinajstić information content (AvgIpc) is 3.08. The van der Waals surface area contributed by atoms with Crippen LogP contribution >= 0.6 is 24.0 Å². The Kier molecular flexibility index (Phi) is 6.87. The topological polar surface area (TPSA) is 86.9 Å². The molecule has 7 nitrogen and oxygen atoms in total. The van der Waals surface area contributed by atoms with Crippen molar-refractivity contribution in [1.29, 1.82) is 0 Å². The Hall–Kier alpha value is -3.08. The Morgan fingerprint density at radius 1 is 1.24 bits per heavy atom. The van der Waals surface area contributed by atoms with E-state index in [4.69, 9.17) is 12.2 Å². The molecule has 1 saturated heterocycles. The molecule has 0 unspecified atom stereocenters. The Bertz CT molecular complexity index is 1300. The molecule has 2 aromatic heterocycles. The first-order valence-corrected chi connectivity index (χ1v) is 11.5. The molecule has 0 aliphatic carbocycles. The minimum Gasteiger partial charge on any atom is -0.394 e. The molecule has 2 N–H and O–H groups in total. The van der Waals surface area contributed by atoms with Gasteiger partial charge in [-0.2, -0.15) is 0 Å². The van der Waals surface area contributed by atoms with Gasteiger partial charge < -0.3 is 10.4 Å². The first kappa shape index (κ1) is 23.1. The second kappa shape index (κ2) is 9.82. The number of aliphatic hydroxyl groups is 1. The number of amides is 1. The van der Waals surface area contributed by atoms with Gasteiger partial charge in [-0.15, -0.1) is 0 Å². The molecular weight excluding hydrogens is 463 g/mol. The van der Waals surface area contributed by atoms with E-state index in [2.05, 4.69) is 10.3 Å². The number of fused-ring (bicyclic) bond motifs is 1. The summed E-state index contributed by atoms with van der Waals surface area (Å²) in [5.74, 6) is -0.412. The van der Waals surface area contributed by atoms with Gasteiger partial charge in [0, 0.05) is 6.20 Å². The van der Waals surface area contributed by atoms with Crippen molar-refractivity contribution in [2.45, 2.75) is 25.9 Å². The lowest BCUT2D eigenvalue weighted by Crippen LogP contribution is -2.28. The number of carbonyl (C=O) groups excluding carboxylic acids is 1. The van der Waals surface area contributed by atoms with E-state index in [-0.39, 0.29) is 52.8 Å². The first-order valence-electron chi connectivity index (χ1n) is 10.3. The molecule has 10 heteroatoms. The third kappa shape index (κ3) is 4.82. The van der Waals surface area contributed by atoms with Crippen LogP contribution in [0.3, 0.4) is 0 Å². The van der Waals surface area contributed by atoms with E-state index < -0.39 is 0 Å². The third-order valence-corrected chi connectivity index (χ3v) is 6.60. The number of halogens is 1. The van der Waals surface area contributed by atoms with Crippen LogP contribution in [0, 0.1) is 5.82 Å². The molecule has 4 rings (SSSR count). The molecular formula is C23H21FN4O3S2. The van der Waals surface area contributed by atoms with Crippen molar-refractivity contribution in [3.63, 3.8) is 0 Å². The minimum atomic E-state index is -0.360. The molecule has 1 aliphatic heterocycles. The number of aromatic nitrogens is 2. The molecule has 0 spiro atoms. The molecule has 1 amide bonds. The highest BCUT2D eigenvalue weighted by atomic mass is 32.2. The van der Waals surface area contributed by atoms with Crippen molar-refractivity contribution in [3.05, 3.63) is 80.9 Å². The predicted octanol–water partition coefficient (Wildman–Crippen LogP) is 3.42. The number of nitrogens with one attached hydrogen (secondary N) is 1. The third-order valence-electron chi connectivity index (χ3n) is 5.23. The van der Waals surface area contributed by atoms with Crippen molar-refractivity contribution in [3.8, 4) is 0 Å². The van der Waals surface area contributed by atoms with Crippen LogP contribution in [0.25, 0.3) is 11.7 Å². The van der Waals surface area contributed by atoms with Crippen LogP contribution in [0.15, 0.2) is 58.4 Å². The fraction of sp³-hybridized carbons (Fsp3) is 0.217. The van der Waals surface area contributed by atoms with Crippen LogP contribution < -0.4 is 10.9 Å². The molecule has 0 saturated carbocycles. The SMILES string of the molecule is CC[C@H](CO)Nc1nc2ccccn2c(=O)c1/C=C1\SC(=S)N(Cc2ccc(F)cc2)C1=O. The first-order chi connectivity index (χ1) is 15.9. The summed E-state index contributed by atoms with van der Waals surface area (Å²) in [5.41, 5.74) is 1.03. The molecule has 1 aliphatic rings. The van der Waals surface area contributed by atoms with Gasteiger partial charge in [-0.3, -0.25) is 18.9 Å². The highest BCUT2D eigenvalue weighted by Gasteiger charge is 2.32. The summed E-state index contributed by atoms with van der Waals surface area (Å²) in [7, 11) is 0. The number of thioether (sulfide) groups is 1. The van der Waals surface area contributed by atoms with Gasteiger partial charge in [-0.25, -0.2) is 9.37 Å². The number of hydrogen-bond donors (Lipinski definition) is 2. The van der Waals surface area contributed by atoms with Crippen molar-refractivity contribution in [1.82, 2.24) is 14.3 Å². The predicted molar refractivity (Wildman–Crippen MR) is 131 cm³/mol. The van der Waals surface area contributed by atoms with Gasteiger partial charge in [0.25, 0.3) is 11.5 Å². The van der Waals surface area contributed by atoms with E-state index in [0.717, 1.165) is 17.3 Å². The van der Waals surface area contributed by atoms with Gasteiger partial charge >= 0.3 is 0 Å². The fourth-order valence-corrected chi connectivity index (χ4v) is 4.59. The quantitative estimate of drug-likeness (QED) is 0.393. The van der Waals surface area contributed by atoms with Crippen LogP contribution in [-0.2, 0) is 11.3 Å². The smallest absolute Gasteiger partial charge is 0.267 e. The minimum absolute atomic E-state index is 0.133. The summed E-state index contributed by atoms with van der Waals surface area (Å²) in [6.45, 7) is 1.97. The summed E-state index contributed by atoms with van der Waals surface area (Å²) < 4.78 is 15.0. The highest BCUT2D eigenvalue weighted by molar-refractivity contribution is 8.26. The number of thiocarbonyl (C=S) groups is 1. The molecule has 1 atom stereocenters. The van der Waals surface area contributed by atoms with E-state index in [0.29, 0.717) is 16.4 Å². The zero-order valence-electron chi connectivity index (χ0n) is 17.7. The summed E-state index contributed by atoms with van der Waals surface area (Å²) in [6, 6.07) is 10.7. The number of rotatable bonds is 7. The van der Waals surface area contributed by atoms with Crippen LogP contribution in [0.2, 0.25) is 0 Å². The second-order valence-electron chi connectivity index (χ2n) is 7.43. The van der Waals surface area contributed by atoms with E-state index >= 15 is 0 Å². The maximum atomic E-state index is 13.3. The number of aliphatic hydroxyl groups excluding tert-OH is 1. The summed E-state index contributed by atoms with van der Waals surface area (Å²) >= 11 is 6.49. The molecule has 33 heavy (non-hydrogen) atoms. The van der Waals surface area contributed by atoms with Crippen LogP contribution in [0.4, 0.5) is 10.2 Å². The van der Waals surface area contributed by atoms with Gasteiger partial charge in [-0.1, -0.05) is 49.1 Å². The van der Waals surface area contributed by atoms with Gasteiger partial charge in [0.05, 0.1) is 29.7 Å². The summed E-state index contributed by atoms with van der Waals surface area (Å²) in [6.07, 6.45) is 3.71. The molecule has 0 bridgehead atoms. The Labute approximate surface area is 199 Å². The van der Waals surface area contributed by atoms with Crippen molar-refractivity contribution in [2.24, 2.45) is 0 Å². The van der Waals surface area contributed by atoms with E-state index in [9.17, 15) is 19.1 Å². The van der Waals surface area contributed by atoms with Crippen molar-refractivity contribution >= 4 is 51.7 Å². The Balaban J connectivity index is 1.73. The number of carbonyl (C=O) groups is 1. The lowest BCUT2D eigenvalue weighted by Gasteiger charge is -2.17. The largest absolute Gasteiger partial charge is 0.394 e. The number of pyridine rings is 1.